The van der Waals surface area contributed by atoms with Crippen LogP contribution in [0.2, 0.25) is 5.02 Å². The number of rotatable bonds is 4. The molecule has 0 saturated carbocycles. The van der Waals surface area contributed by atoms with Gasteiger partial charge in [0, 0.05) is 17.6 Å². The van der Waals surface area contributed by atoms with Crippen molar-refractivity contribution < 1.29 is 28.2 Å². The van der Waals surface area contributed by atoms with E-state index in [1.807, 2.05) is 0 Å². The molecule has 8 heteroatoms. The molecule has 142 valence electrons. The molecule has 0 aliphatic heterocycles. The fraction of sp³-hybridized carbons (Fsp3) is 0.211. The summed E-state index contributed by atoms with van der Waals surface area (Å²) in [6.45, 7) is 1.97. The van der Waals surface area contributed by atoms with Crippen molar-refractivity contribution in [3.05, 3.63) is 63.8 Å². The van der Waals surface area contributed by atoms with Crippen LogP contribution in [0, 0.1) is 6.92 Å². The summed E-state index contributed by atoms with van der Waals surface area (Å²) >= 11 is 6.00. The number of aliphatic carboxylic acids is 1. The van der Waals surface area contributed by atoms with Gasteiger partial charge in [0.1, 0.15) is 5.75 Å². The minimum Gasteiger partial charge on any atom is -0.506 e. The van der Waals surface area contributed by atoms with E-state index in [-0.39, 0.29) is 23.7 Å². The summed E-state index contributed by atoms with van der Waals surface area (Å²) in [6, 6.07) is 7.71. The van der Waals surface area contributed by atoms with Crippen LogP contribution in [0.1, 0.15) is 22.4 Å². The highest BCUT2D eigenvalue weighted by Crippen LogP contribution is 2.35. The maximum absolute atomic E-state index is 12.7. The van der Waals surface area contributed by atoms with Gasteiger partial charge in [-0.15, -0.1) is 0 Å². The first-order valence-electron chi connectivity index (χ1n) is 7.96. The summed E-state index contributed by atoms with van der Waals surface area (Å²) in [5.41, 5.74) is 1.66. The van der Waals surface area contributed by atoms with E-state index >= 15 is 0 Å². The average molecular weight is 398 g/mol. The number of carboxylic acid groups (broad SMARTS) is 1. The fourth-order valence-corrected chi connectivity index (χ4v) is 3.27. The van der Waals surface area contributed by atoms with Crippen molar-refractivity contribution in [2.75, 3.05) is 0 Å². The average Bonchev–Trinajstić information content (AvgIpc) is 2.80. The standard InChI is InChI=1S/C19H15ClF3NO3/c1-10-13(7-18(26)27)14-6-17(25)15(20)8-16(14)24(10)9-11-2-4-12(5-3-11)19(21,22)23/h2-6,8,25H,7,9H2,1H3,(H,26,27). The van der Waals surface area contributed by atoms with E-state index < -0.39 is 17.7 Å². The Bertz CT molecular complexity index is 1020. The van der Waals surface area contributed by atoms with Crippen molar-refractivity contribution in [2.45, 2.75) is 26.1 Å². The molecule has 1 aromatic heterocycles. The van der Waals surface area contributed by atoms with Crippen molar-refractivity contribution >= 4 is 28.5 Å². The molecular formula is C19H15ClF3NO3. The van der Waals surface area contributed by atoms with Gasteiger partial charge >= 0.3 is 12.1 Å². The number of aromatic nitrogens is 1. The number of carbonyl (C=O) groups is 1. The molecule has 0 saturated heterocycles. The summed E-state index contributed by atoms with van der Waals surface area (Å²) in [5, 5.41) is 19.7. The topological polar surface area (TPSA) is 62.5 Å². The first kappa shape index (κ1) is 19.1. The van der Waals surface area contributed by atoms with Crippen LogP contribution < -0.4 is 0 Å². The normalized spacial score (nSPS) is 11.9. The molecule has 0 fully saturated rings. The van der Waals surface area contributed by atoms with E-state index in [1.54, 1.807) is 11.5 Å². The molecule has 1 heterocycles. The van der Waals surface area contributed by atoms with Crippen LogP contribution >= 0.6 is 11.6 Å². The van der Waals surface area contributed by atoms with Crippen molar-refractivity contribution in [1.29, 1.82) is 0 Å². The lowest BCUT2D eigenvalue weighted by atomic mass is 10.1. The number of aromatic hydroxyl groups is 1. The highest BCUT2D eigenvalue weighted by molar-refractivity contribution is 6.32. The summed E-state index contributed by atoms with van der Waals surface area (Å²) < 4.78 is 40.0. The second-order valence-electron chi connectivity index (χ2n) is 6.24. The van der Waals surface area contributed by atoms with Crippen molar-refractivity contribution in [3.63, 3.8) is 0 Å². The number of benzene rings is 2. The van der Waals surface area contributed by atoms with Crippen LogP contribution in [-0.4, -0.2) is 20.7 Å². The minimum atomic E-state index is -4.41. The number of carboxylic acids is 1. The van der Waals surface area contributed by atoms with Crippen molar-refractivity contribution in [1.82, 2.24) is 4.57 Å². The largest absolute Gasteiger partial charge is 0.506 e. The van der Waals surface area contributed by atoms with Gasteiger partial charge in [0.15, 0.2) is 0 Å². The second kappa shape index (κ2) is 6.81. The maximum atomic E-state index is 12.7. The van der Waals surface area contributed by atoms with Crippen LogP contribution in [-0.2, 0) is 23.9 Å². The van der Waals surface area contributed by atoms with Crippen LogP contribution in [0.15, 0.2) is 36.4 Å². The number of phenolic OH excluding ortho intramolecular Hbond substituents is 1. The summed E-state index contributed by atoms with van der Waals surface area (Å²) in [4.78, 5) is 11.2. The van der Waals surface area contributed by atoms with E-state index in [1.165, 1.54) is 24.3 Å². The molecule has 0 aliphatic carbocycles. The lowest BCUT2D eigenvalue weighted by Gasteiger charge is -2.11. The molecule has 0 radical (unpaired) electrons. The number of nitrogens with zero attached hydrogens (tertiary/aromatic N) is 1. The van der Waals surface area contributed by atoms with E-state index in [0.717, 1.165) is 12.1 Å². The van der Waals surface area contributed by atoms with Crippen LogP contribution in [0.3, 0.4) is 0 Å². The molecular weight excluding hydrogens is 383 g/mol. The third-order valence-electron chi connectivity index (χ3n) is 4.47. The molecule has 0 atom stereocenters. The Labute approximate surface area is 157 Å². The Hall–Kier alpha value is -2.67. The van der Waals surface area contributed by atoms with E-state index in [4.69, 9.17) is 11.6 Å². The molecule has 0 spiro atoms. The first-order chi connectivity index (χ1) is 12.6. The fourth-order valence-electron chi connectivity index (χ4n) is 3.11. The maximum Gasteiger partial charge on any atom is 0.416 e. The molecule has 2 N–H and O–H groups in total. The van der Waals surface area contributed by atoms with Gasteiger partial charge in [0.05, 0.1) is 22.5 Å². The molecule has 0 amide bonds. The molecule has 3 rings (SSSR count). The highest BCUT2D eigenvalue weighted by Gasteiger charge is 2.30. The Balaban J connectivity index is 2.09. The zero-order chi connectivity index (χ0) is 19.9. The van der Waals surface area contributed by atoms with Gasteiger partial charge in [-0.3, -0.25) is 4.79 Å². The van der Waals surface area contributed by atoms with E-state index in [9.17, 15) is 28.2 Å². The SMILES string of the molecule is Cc1c(CC(=O)O)c2cc(O)c(Cl)cc2n1Cc1ccc(C(F)(F)F)cc1. The minimum absolute atomic E-state index is 0.107. The van der Waals surface area contributed by atoms with Gasteiger partial charge in [-0.1, -0.05) is 23.7 Å². The van der Waals surface area contributed by atoms with Gasteiger partial charge in [-0.05, 0) is 42.3 Å². The molecule has 0 unspecified atom stereocenters. The lowest BCUT2D eigenvalue weighted by Crippen LogP contribution is -2.07. The number of hydrogen-bond acceptors (Lipinski definition) is 2. The Morgan fingerprint density at radius 1 is 1.19 bits per heavy atom. The molecule has 27 heavy (non-hydrogen) atoms. The summed E-state index contributed by atoms with van der Waals surface area (Å²) in [5.74, 6) is -1.19. The zero-order valence-electron chi connectivity index (χ0n) is 14.1. The van der Waals surface area contributed by atoms with Crippen LogP contribution in [0.25, 0.3) is 10.9 Å². The first-order valence-corrected chi connectivity index (χ1v) is 8.34. The van der Waals surface area contributed by atoms with Gasteiger partial charge in [0.2, 0.25) is 0 Å². The number of halogens is 4. The molecule has 0 aliphatic rings. The van der Waals surface area contributed by atoms with Gasteiger partial charge in [-0.2, -0.15) is 13.2 Å². The van der Waals surface area contributed by atoms with Gasteiger partial charge in [-0.25, -0.2) is 0 Å². The third-order valence-corrected chi connectivity index (χ3v) is 4.78. The Morgan fingerprint density at radius 2 is 1.81 bits per heavy atom. The van der Waals surface area contributed by atoms with E-state index in [0.29, 0.717) is 27.7 Å². The van der Waals surface area contributed by atoms with Crippen LogP contribution in [0.5, 0.6) is 5.75 Å². The predicted molar refractivity (Wildman–Crippen MR) is 95.2 cm³/mol. The van der Waals surface area contributed by atoms with Gasteiger partial charge < -0.3 is 14.8 Å². The molecule has 0 bridgehead atoms. The predicted octanol–water partition coefficient (Wildman–Crippen LogP) is 5.00. The number of fused-ring (bicyclic) bond motifs is 1. The monoisotopic (exact) mass is 397 g/mol. The number of hydrogen-bond donors (Lipinski definition) is 2. The highest BCUT2D eigenvalue weighted by atomic mass is 35.5. The van der Waals surface area contributed by atoms with Crippen molar-refractivity contribution in [2.24, 2.45) is 0 Å². The summed E-state index contributed by atoms with van der Waals surface area (Å²) in [6.07, 6.45) is -4.66. The lowest BCUT2D eigenvalue weighted by molar-refractivity contribution is -0.138. The number of alkyl halides is 3. The molecule has 2 aromatic carbocycles. The third kappa shape index (κ3) is 3.73. The van der Waals surface area contributed by atoms with E-state index in [2.05, 4.69) is 0 Å². The smallest absolute Gasteiger partial charge is 0.416 e. The molecule has 3 aromatic rings. The number of phenols is 1. The Kier molecular flexibility index (Phi) is 4.82. The summed E-state index contributed by atoms with van der Waals surface area (Å²) in [7, 11) is 0. The van der Waals surface area contributed by atoms with Crippen molar-refractivity contribution in [3.8, 4) is 5.75 Å². The molecule has 4 nitrogen and oxygen atoms in total. The quantitative estimate of drug-likeness (QED) is 0.651. The zero-order valence-corrected chi connectivity index (χ0v) is 14.9. The van der Waals surface area contributed by atoms with Gasteiger partial charge in [0.25, 0.3) is 0 Å². The van der Waals surface area contributed by atoms with Crippen LogP contribution in [0.4, 0.5) is 13.2 Å². The second-order valence-corrected chi connectivity index (χ2v) is 6.64. The Morgan fingerprint density at radius 3 is 2.37 bits per heavy atom.